The average Bonchev–Trinajstić information content (AvgIpc) is 2.18. The van der Waals surface area contributed by atoms with Gasteiger partial charge in [0.15, 0.2) is 0 Å². The Morgan fingerprint density at radius 1 is 1.60 bits per heavy atom. The van der Waals surface area contributed by atoms with Crippen molar-refractivity contribution >= 4 is 12.7 Å². The Bertz CT molecular complexity index is 226. The van der Waals surface area contributed by atoms with Crippen LogP contribution in [0.3, 0.4) is 0 Å². The number of guanidine groups is 1. The highest BCUT2D eigenvalue weighted by molar-refractivity contribution is 5.80. The zero-order chi connectivity index (χ0) is 11.1. The van der Waals surface area contributed by atoms with Crippen molar-refractivity contribution in [2.45, 2.75) is 25.8 Å². The Hall–Kier alpha value is -1.10. The van der Waals surface area contributed by atoms with Gasteiger partial charge in [0, 0.05) is 25.8 Å². The van der Waals surface area contributed by atoms with E-state index in [2.05, 4.69) is 39.5 Å². The van der Waals surface area contributed by atoms with Crippen molar-refractivity contribution in [3.05, 3.63) is 0 Å². The standard InChI is InChI=1S/C10H21N5/c1-4-12-10(14-11-2)13-9-6-5-7-15(3)8-9/h9H,2,4-8H2,1,3H3,(H2,12,13,14)/t9-/m1/s1. The van der Waals surface area contributed by atoms with Gasteiger partial charge in [-0.1, -0.05) is 0 Å². The number of likely N-dealkylation sites (tertiary alicyclic amines) is 1. The molecule has 1 heterocycles. The van der Waals surface area contributed by atoms with Crippen LogP contribution < -0.4 is 10.6 Å². The van der Waals surface area contributed by atoms with E-state index in [0.717, 1.165) is 19.0 Å². The van der Waals surface area contributed by atoms with Crippen LogP contribution in [0.5, 0.6) is 0 Å². The summed E-state index contributed by atoms with van der Waals surface area (Å²) in [7, 11) is 2.14. The predicted molar refractivity (Wildman–Crippen MR) is 64.3 cm³/mol. The highest BCUT2D eigenvalue weighted by atomic mass is 15.3. The average molecular weight is 211 g/mol. The highest BCUT2D eigenvalue weighted by Gasteiger charge is 2.17. The topological polar surface area (TPSA) is 52.0 Å². The summed E-state index contributed by atoms with van der Waals surface area (Å²) in [6.45, 7) is 8.48. The summed E-state index contributed by atoms with van der Waals surface area (Å²) >= 11 is 0. The van der Waals surface area contributed by atoms with Crippen molar-refractivity contribution in [3.63, 3.8) is 0 Å². The molecule has 86 valence electrons. The molecule has 0 radical (unpaired) electrons. The molecule has 0 unspecified atom stereocenters. The first-order valence-corrected chi connectivity index (χ1v) is 5.49. The number of piperidine rings is 1. The Kier molecular flexibility index (Phi) is 5.10. The van der Waals surface area contributed by atoms with Gasteiger partial charge in [-0.15, -0.1) is 5.10 Å². The maximum atomic E-state index is 3.92. The van der Waals surface area contributed by atoms with Gasteiger partial charge in [0.05, 0.1) is 0 Å². The number of nitrogens with one attached hydrogen (secondary N) is 2. The molecule has 0 aromatic heterocycles. The van der Waals surface area contributed by atoms with Gasteiger partial charge in [0.2, 0.25) is 5.96 Å². The van der Waals surface area contributed by atoms with Gasteiger partial charge in [-0.05, 0) is 33.4 Å². The lowest BCUT2D eigenvalue weighted by molar-refractivity contribution is 0.240. The fraction of sp³-hybridized carbons (Fsp3) is 0.800. The lowest BCUT2D eigenvalue weighted by Gasteiger charge is -2.30. The van der Waals surface area contributed by atoms with E-state index in [1.807, 2.05) is 6.92 Å². The van der Waals surface area contributed by atoms with Crippen LogP contribution in [0, 0.1) is 0 Å². The minimum absolute atomic E-state index is 0.461. The first kappa shape index (κ1) is 12.0. The predicted octanol–water partition coefficient (Wildman–Crippen LogP) is 0.251. The summed E-state index contributed by atoms with van der Waals surface area (Å²) in [5.74, 6) is 0.729. The molecule has 5 nitrogen and oxygen atoms in total. The van der Waals surface area contributed by atoms with Crippen molar-refractivity contribution in [3.8, 4) is 0 Å². The quantitative estimate of drug-likeness (QED) is 0.400. The summed E-state index contributed by atoms with van der Waals surface area (Å²) in [5, 5.41) is 13.9. The third-order valence-electron chi connectivity index (χ3n) is 2.48. The normalized spacial score (nSPS) is 23.6. The lowest BCUT2D eigenvalue weighted by atomic mass is 10.1. The first-order chi connectivity index (χ1) is 7.26. The smallest absolute Gasteiger partial charge is 0.216 e. The minimum atomic E-state index is 0.461. The zero-order valence-electron chi connectivity index (χ0n) is 9.66. The van der Waals surface area contributed by atoms with Gasteiger partial charge in [-0.25, -0.2) is 0 Å². The van der Waals surface area contributed by atoms with E-state index in [9.17, 15) is 0 Å². The van der Waals surface area contributed by atoms with E-state index < -0.39 is 0 Å². The van der Waals surface area contributed by atoms with E-state index in [1.165, 1.54) is 19.4 Å². The maximum Gasteiger partial charge on any atom is 0.216 e. The largest absolute Gasteiger partial charge is 0.355 e. The highest BCUT2D eigenvalue weighted by Crippen LogP contribution is 2.07. The molecule has 1 rings (SSSR count). The molecule has 0 spiro atoms. The van der Waals surface area contributed by atoms with E-state index in [4.69, 9.17) is 0 Å². The van der Waals surface area contributed by atoms with Crippen LogP contribution in [0.15, 0.2) is 10.2 Å². The van der Waals surface area contributed by atoms with E-state index >= 15 is 0 Å². The Morgan fingerprint density at radius 2 is 2.40 bits per heavy atom. The van der Waals surface area contributed by atoms with Gasteiger partial charge in [-0.3, -0.25) is 0 Å². The van der Waals surface area contributed by atoms with Gasteiger partial charge >= 0.3 is 0 Å². The molecule has 1 aliphatic rings. The minimum Gasteiger partial charge on any atom is -0.355 e. The molecule has 2 N–H and O–H groups in total. The third-order valence-corrected chi connectivity index (χ3v) is 2.48. The Balaban J connectivity index is 2.42. The number of hydrogen-bond acceptors (Lipinski definition) is 3. The van der Waals surface area contributed by atoms with E-state index in [0.29, 0.717) is 6.04 Å². The zero-order valence-corrected chi connectivity index (χ0v) is 9.66. The van der Waals surface area contributed by atoms with Gasteiger partial charge < -0.3 is 15.5 Å². The van der Waals surface area contributed by atoms with Gasteiger partial charge in [0.25, 0.3) is 0 Å². The molecule has 0 bridgehead atoms. The Morgan fingerprint density at radius 3 is 3.00 bits per heavy atom. The lowest BCUT2D eigenvalue weighted by Crippen LogP contribution is -2.50. The molecule has 1 atom stereocenters. The van der Waals surface area contributed by atoms with Crippen LogP contribution >= 0.6 is 0 Å². The van der Waals surface area contributed by atoms with Gasteiger partial charge in [0.1, 0.15) is 0 Å². The molecule has 1 aliphatic heterocycles. The van der Waals surface area contributed by atoms with Crippen molar-refractivity contribution in [1.29, 1.82) is 0 Å². The SMILES string of the molecule is C=N/N=C(\NCC)N[C@@H]1CCCN(C)C1. The molecule has 1 fully saturated rings. The number of hydrogen-bond donors (Lipinski definition) is 2. The van der Waals surface area contributed by atoms with Crippen molar-refractivity contribution in [1.82, 2.24) is 15.5 Å². The monoisotopic (exact) mass is 211 g/mol. The van der Waals surface area contributed by atoms with Crippen LogP contribution in [0.2, 0.25) is 0 Å². The second-order valence-corrected chi connectivity index (χ2v) is 3.87. The molecule has 0 aliphatic carbocycles. The molecular weight excluding hydrogens is 190 g/mol. The van der Waals surface area contributed by atoms with Crippen molar-refractivity contribution in [2.75, 3.05) is 26.7 Å². The van der Waals surface area contributed by atoms with Crippen LogP contribution in [-0.2, 0) is 0 Å². The maximum absolute atomic E-state index is 3.92. The second-order valence-electron chi connectivity index (χ2n) is 3.87. The molecule has 1 saturated heterocycles. The molecule has 5 heteroatoms. The van der Waals surface area contributed by atoms with Crippen LogP contribution in [-0.4, -0.2) is 50.3 Å². The third kappa shape index (κ3) is 4.29. The fourth-order valence-corrected chi connectivity index (χ4v) is 1.83. The number of rotatable bonds is 3. The summed E-state index contributed by atoms with van der Waals surface area (Å²) in [6.07, 6.45) is 2.42. The molecule has 0 aromatic rings. The van der Waals surface area contributed by atoms with Crippen LogP contribution in [0.4, 0.5) is 0 Å². The molecular formula is C10H21N5. The first-order valence-electron chi connectivity index (χ1n) is 5.49. The molecule has 0 amide bonds. The van der Waals surface area contributed by atoms with Crippen LogP contribution in [0.25, 0.3) is 0 Å². The van der Waals surface area contributed by atoms with E-state index in [-0.39, 0.29) is 0 Å². The Labute approximate surface area is 91.6 Å². The summed E-state index contributed by atoms with van der Waals surface area (Å²) in [4.78, 5) is 2.33. The van der Waals surface area contributed by atoms with Crippen molar-refractivity contribution < 1.29 is 0 Å². The van der Waals surface area contributed by atoms with Gasteiger partial charge in [-0.2, -0.15) is 5.10 Å². The molecule has 0 aromatic carbocycles. The summed E-state index contributed by atoms with van der Waals surface area (Å²) < 4.78 is 0. The fourth-order valence-electron chi connectivity index (χ4n) is 1.83. The summed E-state index contributed by atoms with van der Waals surface area (Å²) in [5.41, 5.74) is 0. The number of nitrogens with zero attached hydrogens (tertiary/aromatic N) is 3. The summed E-state index contributed by atoms with van der Waals surface area (Å²) in [6, 6.07) is 0.461. The van der Waals surface area contributed by atoms with Crippen molar-refractivity contribution in [2.24, 2.45) is 10.2 Å². The second kappa shape index (κ2) is 6.40. The van der Waals surface area contributed by atoms with Crippen LogP contribution in [0.1, 0.15) is 19.8 Å². The number of likely N-dealkylation sites (N-methyl/N-ethyl adjacent to an activating group) is 1. The van der Waals surface area contributed by atoms with E-state index in [1.54, 1.807) is 0 Å². The molecule has 15 heavy (non-hydrogen) atoms. The molecule has 0 saturated carbocycles.